The molecule has 1 aromatic heterocycles. The van der Waals surface area contributed by atoms with Crippen LogP contribution in [0.1, 0.15) is 16.1 Å². The second kappa shape index (κ2) is 5.57. The number of aromatic nitrogens is 1. The topological polar surface area (TPSA) is 76.3 Å². The molecule has 0 aliphatic heterocycles. The molecule has 0 saturated carbocycles. The van der Waals surface area contributed by atoms with Crippen molar-refractivity contribution >= 4 is 22.9 Å². The minimum atomic E-state index is -0.448. The third-order valence-corrected chi connectivity index (χ3v) is 3.18. The summed E-state index contributed by atoms with van der Waals surface area (Å²) < 4.78 is 0. The van der Waals surface area contributed by atoms with Gasteiger partial charge in [-0.3, -0.25) is 14.9 Å². The minimum absolute atomic E-state index is 0.0143. The monoisotopic (exact) mass is 277 g/mol. The molecule has 0 radical (unpaired) electrons. The molecule has 7 heteroatoms. The Morgan fingerprint density at radius 3 is 2.84 bits per heavy atom. The van der Waals surface area contributed by atoms with Gasteiger partial charge in [0, 0.05) is 24.1 Å². The molecule has 0 bridgehead atoms. The van der Waals surface area contributed by atoms with E-state index >= 15 is 0 Å². The number of hydrogen-bond acceptors (Lipinski definition) is 5. The number of nitro groups is 1. The number of para-hydroxylation sites is 1. The molecule has 0 spiro atoms. The van der Waals surface area contributed by atoms with Crippen molar-refractivity contribution in [3.63, 3.8) is 0 Å². The van der Waals surface area contributed by atoms with Gasteiger partial charge in [-0.2, -0.15) is 0 Å². The van der Waals surface area contributed by atoms with Crippen molar-refractivity contribution in [1.29, 1.82) is 0 Å². The molecule has 0 N–H and O–H groups in total. The highest BCUT2D eigenvalue weighted by Crippen LogP contribution is 2.19. The lowest BCUT2D eigenvalue weighted by Gasteiger charge is -2.15. The van der Waals surface area contributed by atoms with E-state index in [4.69, 9.17) is 0 Å². The zero-order valence-electron chi connectivity index (χ0n) is 10.1. The molecule has 19 heavy (non-hydrogen) atoms. The van der Waals surface area contributed by atoms with Gasteiger partial charge in [-0.1, -0.05) is 18.2 Å². The first kappa shape index (κ1) is 13.2. The molecular weight excluding hydrogens is 266 g/mol. The second-order valence-corrected chi connectivity index (χ2v) is 4.64. The molecular formula is C12H11N3O3S. The highest BCUT2D eigenvalue weighted by Gasteiger charge is 2.18. The predicted octanol–water partition coefficient (Wildman–Crippen LogP) is 2.32. The van der Waals surface area contributed by atoms with Crippen LogP contribution in [0.15, 0.2) is 35.2 Å². The van der Waals surface area contributed by atoms with E-state index in [-0.39, 0.29) is 18.1 Å². The van der Waals surface area contributed by atoms with Crippen LogP contribution in [0, 0.1) is 10.1 Å². The van der Waals surface area contributed by atoms with Gasteiger partial charge in [0.15, 0.2) is 0 Å². The lowest BCUT2D eigenvalue weighted by atomic mass is 10.1. The van der Waals surface area contributed by atoms with E-state index in [0.29, 0.717) is 11.3 Å². The lowest BCUT2D eigenvalue weighted by Crippen LogP contribution is -2.26. The first-order chi connectivity index (χ1) is 9.09. The van der Waals surface area contributed by atoms with Crippen LogP contribution >= 0.6 is 11.3 Å². The highest BCUT2D eigenvalue weighted by atomic mass is 32.1. The summed E-state index contributed by atoms with van der Waals surface area (Å²) in [6, 6.07) is 6.38. The van der Waals surface area contributed by atoms with Crippen molar-refractivity contribution in [1.82, 2.24) is 9.88 Å². The largest absolute Gasteiger partial charge is 0.336 e. The van der Waals surface area contributed by atoms with Gasteiger partial charge < -0.3 is 4.90 Å². The molecule has 2 rings (SSSR count). The summed E-state index contributed by atoms with van der Waals surface area (Å²) in [6.07, 6.45) is 0. The SMILES string of the molecule is CN(Cc1ccccc1[N+](=O)[O-])C(=O)c1cscn1. The molecule has 1 amide bonds. The van der Waals surface area contributed by atoms with Crippen LogP contribution in [0.25, 0.3) is 0 Å². The molecule has 0 unspecified atom stereocenters. The molecule has 1 aromatic carbocycles. The molecule has 98 valence electrons. The third-order valence-electron chi connectivity index (χ3n) is 2.59. The van der Waals surface area contributed by atoms with Crippen LogP contribution in [-0.4, -0.2) is 27.8 Å². The van der Waals surface area contributed by atoms with E-state index in [0.717, 1.165) is 0 Å². The Balaban J connectivity index is 2.17. The average Bonchev–Trinajstić information content (AvgIpc) is 2.92. The van der Waals surface area contributed by atoms with Crippen molar-refractivity contribution in [3.8, 4) is 0 Å². The molecule has 1 heterocycles. The van der Waals surface area contributed by atoms with E-state index in [9.17, 15) is 14.9 Å². The number of nitrogens with zero attached hydrogens (tertiary/aromatic N) is 3. The van der Waals surface area contributed by atoms with Crippen LogP contribution in [0.3, 0.4) is 0 Å². The molecule has 0 aliphatic rings. The Kier molecular flexibility index (Phi) is 3.86. The summed E-state index contributed by atoms with van der Waals surface area (Å²) >= 11 is 1.33. The summed E-state index contributed by atoms with van der Waals surface area (Å²) in [6.45, 7) is 0.174. The maximum atomic E-state index is 12.0. The Labute approximate surface area is 113 Å². The number of hydrogen-bond donors (Lipinski definition) is 0. The Morgan fingerprint density at radius 1 is 1.47 bits per heavy atom. The summed E-state index contributed by atoms with van der Waals surface area (Å²) in [4.78, 5) is 27.8. The van der Waals surface area contributed by atoms with Crippen LogP contribution in [0.2, 0.25) is 0 Å². The van der Waals surface area contributed by atoms with Gasteiger partial charge in [-0.05, 0) is 0 Å². The number of carbonyl (C=O) groups excluding carboxylic acids is 1. The third kappa shape index (κ3) is 2.94. The average molecular weight is 277 g/mol. The van der Waals surface area contributed by atoms with E-state index in [1.807, 2.05) is 0 Å². The Bertz CT molecular complexity index is 598. The number of thiazole rings is 1. The molecule has 0 saturated heterocycles. The number of carbonyl (C=O) groups is 1. The first-order valence-electron chi connectivity index (χ1n) is 5.45. The van der Waals surface area contributed by atoms with Gasteiger partial charge in [0.1, 0.15) is 5.69 Å². The first-order valence-corrected chi connectivity index (χ1v) is 6.40. The fraction of sp³-hybridized carbons (Fsp3) is 0.167. The van der Waals surface area contributed by atoms with Gasteiger partial charge in [-0.15, -0.1) is 11.3 Å². The standard InChI is InChI=1S/C12H11N3O3S/c1-14(12(16)10-7-19-8-13-10)6-9-4-2-3-5-11(9)15(17)18/h2-5,7-8H,6H2,1H3. The number of nitro benzene ring substituents is 1. The van der Waals surface area contributed by atoms with Crippen LogP contribution in [0.4, 0.5) is 5.69 Å². The molecule has 0 atom stereocenters. The van der Waals surface area contributed by atoms with E-state index in [2.05, 4.69) is 4.98 Å². The number of benzene rings is 1. The fourth-order valence-corrected chi connectivity index (χ4v) is 2.19. The van der Waals surface area contributed by atoms with Crippen molar-refractivity contribution in [3.05, 3.63) is 56.5 Å². The summed E-state index contributed by atoms with van der Waals surface area (Å²) in [5, 5.41) is 12.5. The van der Waals surface area contributed by atoms with Crippen LogP contribution < -0.4 is 0 Å². The molecule has 0 fully saturated rings. The Hall–Kier alpha value is -2.28. The van der Waals surface area contributed by atoms with Gasteiger partial charge in [0.05, 0.1) is 17.0 Å². The predicted molar refractivity (Wildman–Crippen MR) is 71.0 cm³/mol. The van der Waals surface area contributed by atoms with Gasteiger partial charge >= 0.3 is 0 Å². The quantitative estimate of drug-likeness (QED) is 0.634. The van der Waals surface area contributed by atoms with Gasteiger partial charge in [-0.25, -0.2) is 4.98 Å². The lowest BCUT2D eigenvalue weighted by molar-refractivity contribution is -0.385. The second-order valence-electron chi connectivity index (χ2n) is 3.92. The van der Waals surface area contributed by atoms with E-state index in [1.54, 1.807) is 36.1 Å². The Morgan fingerprint density at radius 2 is 2.21 bits per heavy atom. The van der Waals surface area contributed by atoms with Crippen LogP contribution in [0.5, 0.6) is 0 Å². The van der Waals surface area contributed by atoms with E-state index < -0.39 is 4.92 Å². The van der Waals surface area contributed by atoms with Gasteiger partial charge in [0.2, 0.25) is 0 Å². The van der Waals surface area contributed by atoms with Gasteiger partial charge in [0.25, 0.3) is 11.6 Å². The minimum Gasteiger partial charge on any atom is -0.336 e. The molecule has 6 nitrogen and oxygen atoms in total. The summed E-state index contributed by atoms with van der Waals surface area (Å²) in [5.74, 6) is -0.251. The fourth-order valence-electron chi connectivity index (χ4n) is 1.66. The number of amides is 1. The normalized spacial score (nSPS) is 10.2. The van der Waals surface area contributed by atoms with Crippen molar-refractivity contribution in [2.75, 3.05) is 7.05 Å². The summed E-state index contributed by atoms with van der Waals surface area (Å²) in [5.41, 5.74) is 2.44. The number of rotatable bonds is 4. The molecule has 2 aromatic rings. The van der Waals surface area contributed by atoms with Crippen molar-refractivity contribution in [2.24, 2.45) is 0 Å². The van der Waals surface area contributed by atoms with Crippen molar-refractivity contribution < 1.29 is 9.72 Å². The summed E-state index contributed by atoms with van der Waals surface area (Å²) in [7, 11) is 1.60. The zero-order chi connectivity index (χ0) is 13.8. The van der Waals surface area contributed by atoms with Crippen molar-refractivity contribution in [2.45, 2.75) is 6.54 Å². The maximum Gasteiger partial charge on any atom is 0.274 e. The highest BCUT2D eigenvalue weighted by molar-refractivity contribution is 7.07. The molecule has 0 aliphatic carbocycles. The van der Waals surface area contributed by atoms with E-state index in [1.165, 1.54) is 22.3 Å². The smallest absolute Gasteiger partial charge is 0.274 e. The van der Waals surface area contributed by atoms with Crippen LogP contribution in [-0.2, 0) is 6.54 Å². The maximum absolute atomic E-state index is 12.0. The zero-order valence-corrected chi connectivity index (χ0v) is 11.0.